The third-order valence-electron chi connectivity index (χ3n) is 8.35. The second-order valence-corrected chi connectivity index (χ2v) is 14.2. The zero-order chi connectivity index (χ0) is 36.8. The minimum atomic E-state index is -1.53. The number of hydrogen-bond acceptors (Lipinski definition) is 8. The van der Waals surface area contributed by atoms with E-state index in [0.717, 1.165) is 5.56 Å². The van der Waals surface area contributed by atoms with E-state index in [1.165, 1.54) is 0 Å². The molecule has 0 radical (unpaired) electrons. The van der Waals surface area contributed by atoms with Gasteiger partial charge in [-0.2, -0.15) is 0 Å². The molecule has 50 heavy (non-hydrogen) atoms. The van der Waals surface area contributed by atoms with Gasteiger partial charge in [0, 0.05) is 11.1 Å². The summed E-state index contributed by atoms with van der Waals surface area (Å²) in [5, 5.41) is 26.4. The first-order valence-electron chi connectivity index (χ1n) is 17.2. The van der Waals surface area contributed by atoms with E-state index in [1.807, 2.05) is 71.9 Å². The Morgan fingerprint density at radius 1 is 0.860 bits per heavy atom. The lowest BCUT2D eigenvalue weighted by Gasteiger charge is -2.31. The molecular formula is C36H52N8O6. The summed E-state index contributed by atoms with van der Waals surface area (Å²) in [5.74, 6) is -2.19. The fraction of sp³-hybridized carbons (Fsp3) is 0.583. The number of carbonyl (C=O) groups is 4. The van der Waals surface area contributed by atoms with Crippen LogP contribution in [0.15, 0.2) is 59.8 Å². The Morgan fingerprint density at radius 3 is 1.94 bits per heavy atom. The Labute approximate surface area is 294 Å². The lowest BCUT2D eigenvalue weighted by atomic mass is 9.89. The number of aliphatic hydroxyl groups excluding tert-OH is 1. The molecule has 6 atom stereocenters. The predicted octanol–water partition coefficient (Wildman–Crippen LogP) is 3.34. The van der Waals surface area contributed by atoms with E-state index in [-0.39, 0.29) is 50.2 Å². The highest BCUT2D eigenvalue weighted by Crippen LogP contribution is 2.34. The molecule has 0 saturated carbocycles. The first kappa shape index (κ1) is 39.9. The van der Waals surface area contributed by atoms with Crippen LogP contribution in [0.2, 0.25) is 0 Å². The molecule has 1 saturated heterocycles. The molecule has 1 aromatic carbocycles. The molecule has 0 spiro atoms. The number of ether oxygens (including phenoxy) is 1. The first-order chi connectivity index (χ1) is 23.7. The minimum absolute atomic E-state index is 0.000383. The number of nitrogens with zero attached hydrogens (tertiary/aromatic N) is 4. The highest BCUT2D eigenvalue weighted by atomic mass is 16.6. The number of aromatic nitrogens is 1. The van der Waals surface area contributed by atoms with Crippen molar-refractivity contribution in [2.24, 2.45) is 22.9 Å². The molecule has 1 aromatic heterocycles. The second-order valence-electron chi connectivity index (χ2n) is 14.2. The van der Waals surface area contributed by atoms with E-state index < -0.39 is 59.5 Å². The average Bonchev–Trinajstić information content (AvgIpc) is 3.88. The summed E-state index contributed by atoms with van der Waals surface area (Å²) < 4.78 is 5.55. The molecule has 4 amide bonds. The van der Waals surface area contributed by atoms with Crippen molar-refractivity contribution in [1.29, 1.82) is 0 Å². The van der Waals surface area contributed by atoms with Crippen molar-refractivity contribution < 1.29 is 29.0 Å². The molecule has 2 aromatic rings. The molecular weight excluding hydrogens is 640 g/mol. The van der Waals surface area contributed by atoms with Crippen LogP contribution in [0.3, 0.4) is 0 Å². The van der Waals surface area contributed by atoms with Gasteiger partial charge < -0.3 is 31.1 Å². The number of pyridine rings is 1. The summed E-state index contributed by atoms with van der Waals surface area (Å²) >= 11 is 0. The number of nitrogens with one attached hydrogen (secondary N) is 4. The van der Waals surface area contributed by atoms with Crippen molar-refractivity contribution in [3.8, 4) is 0 Å². The van der Waals surface area contributed by atoms with Crippen molar-refractivity contribution in [1.82, 2.24) is 26.3 Å². The van der Waals surface area contributed by atoms with Gasteiger partial charge in [0.25, 0.3) is 5.91 Å². The molecule has 0 bridgehead atoms. The Balaban J connectivity index is 1.75. The quantitative estimate of drug-likeness (QED) is 0.0604. The van der Waals surface area contributed by atoms with Gasteiger partial charge in [0.15, 0.2) is 5.60 Å². The average molecular weight is 693 g/mol. The number of epoxide rings is 1. The van der Waals surface area contributed by atoms with E-state index in [0.29, 0.717) is 12.1 Å². The maximum Gasteiger partial charge on any atom is 0.257 e. The molecule has 272 valence electrons. The summed E-state index contributed by atoms with van der Waals surface area (Å²) in [6.07, 6.45) is 1.27. The Kier molecular flexibility index (Phi) is 15.2. The largest absolute Gasteiger partial charge is 0.387 e. The minimum Gasteiger partial charge on any atom is -0.387 e. The van der Waals surface area contributed by atoms with Gasteiger partial charge in [-0.15, -0.1) is 0 Å². The van der Waals surface area contributed by atoms with Gasteiger partial charge >= 0.3 is 0 Å². The molecule has 2 heterocycles. The Hall–Kier alpha value is -4.52. The molecule has 1 fully saturated rings. The van der Waals surface area contributed by atoms with E-state index in [2.05, 4.69) is 36.3 Å². The van der Waals surface area contributed by atoms with Crippen molar-refractivity contribution >= 4 is 23.6 Å². The van der Waals surface area contributed by atoms with Gasteiger partial charge in [0.1, 0.15) is 24.2 Å². The van der Waals surface area contributed by atoms with Crippen LogP contribution in [-0.4, -0.2) is 76.2 Å². The van der Waals surface area contributed by atoms with Crippen LogP contribution in [-0.2, 0) is 36.9 Å². The zero-order valence-electron chi connectivity index (χ0n) is 29.8. The Bertz CT molecular complexity index is 1460. The maximum absolute atomic E-state index is 13.9. The monoisotopic (exact) mass is 692 g/mol. The number of hydrogen-bond donors (Lipinski definition) is 5. The number of azide groups is 1. The number of amides is 4. The number of rotatable bonds is 20. The summed E-state index contributed by atoms with van der Waals surface area (Å²) in [4.78, 5) is 61.2. The van der Waals surface area contributed by atoms with Crippen LogP contribution in [0.5, 0.6) is 0 Å². The first-order valence-corrected chi connectivity index (χ1v) is 17.2. The molecule has 1 aliphatic heterocycles. The molecule has 0 unspecified atom stereocenters. The highest BCUT2D eigenvalue weighted by Gasteiger charge is 2.60. The van der Waals surface area contributed by atoms with Crippen molar-refractivity contribution in [2.45, 2.75) is 110 Å². The van der Waals surface area contributed by atoms with E-state index in [1.54, 1.807) is 24.4 Å². The molecule has 1 aliphatic rings. The summed E-state index contributed by atoms with van der Waals surface area (Å²) in [6, 6.07) is 10.5. The molecule has 0 aliphatic carbocycles. The SMILES string of the molecule is CC(C)C[C@H](NC(=O)[C@H](Cc1ccccc1)N=[N+]=[N-])C(=O)N[C@@H](CC(C)C)C(=O)N[C@@H](CC(C)C)[C@@H](O)[C@]1(C(=O)NCc2ccccn2)CO1. The van der Waals surface area contributed by atoms with Gasteiger partial charge in [-0.1, -0.05) is 83.1 Å². The topological polar surface area (TPSA) is 211 Å². The van der Waals surface area contributed by atoms with Gasteiger partial charge in [0.2, 0.25) is 17.7 Å². The summed E-state index contributed by atoms with van der Waals surface area (Å²) in [5.41, 5.74) is 9.04. The van der Waals surface area contributed by atoms with Gasteiger partial charge in [-0.05, 0) is 66.7 Å². The van der Waals surface area contributed by atoms with Crippen LogP contribution in [0.1, 0.15) is 72.1 Å². The van der Waals surface area contributed by atoms with E-state index >= 15 is 0 Å². The molecule has 14 nitrogen and oxygen atoms in total. The molecule has 3 rings (SSSR count). The third kappa shape index (κ3) is 12.1. The van der Waals surface area contributed by atoms with Crippen molar-refractivity contribution in [3.05, 3.63) is 76.4 Å². The zero-order valence-corrected chi connectivity index (χ0v) is 29.8. The maximum atomic E-state index is 13.9. The molecule has 14 heteroatoms. The number of carbonyl (C=O) groups excluding carboxylic acids is 4. The fourth-order valence-electron chi connectivity index (χ4n) is 5.75. The standard InChI is InChI=1S/C36H52N8O6/c1-22(2)16-27(31(45)36(21-50-36)35(49)39-20-26-14-10-11-15-38-26)40-32(46)28(17-23(3)4)41-33(47)29(18-24(5)6)42-34(48)30(43-44-37)19-25-12-8-7-9-13-25/h7-15,22-24,27-31,45H,16-21H2,1-6H3,(H,39,49)(H,40,46)(H,41,47)(H,42,48)/t27-,28-,29-,30-,31+,36-/m0/s1. The van der Waals surface area contributed by atoms with Crippen LogP contribution >= 0.6 is 0 Å². The summed E-state index contributed by atoms with van der Waals surface area (Å²) in [6.45, 7) is 11.6. The fourth-order valence-corrected chi connectivity index (χ4v) is 5.75. The second kappa shape index (κ2) is 19.0. The van der Waals surface area contributed by atoms with Crippen molar-refractivity contribution in [2.75, 3.05) is 6.61 Å². The van der Waals surface area contributed by atoms with Gasteiger partial charge in [0.05, 0.1) is 24.9 Å². The van der Waals surface area contributed by atoms with E-state index in [9.17, 15) is 24.3 Å². The smallest absolute Gasteiger partial charge is 0.257 e. The Morgan fingerprint density at radius 2 is 1.42 bits per heavy atom. The number of benzene rings is 1. The van der Waals surface area contributed by atoms with Crippen LogP contribution in [0.4, 0.5) is 0 Å². The number of aliphatic hydroxyl groups is 1. The van der Waals surface area contributed by atoms with Crippen LogP contribution in [0, 0.1) is 17.8 Å². The van der Waals surface area contributed by atoms with E-state index in [4.69, 9.17) is 10.3 Å². The third-order valence-corrected chi connectivity index (χ3v) is 8.35. The summed E-state index contributed by atoms with van der Waals surface area (Å²) in [7, 11) is 0. The van der Waals surface area contributed by atoms with Crippen LogP contribution in [0.25, 0.3) is 10.4 Å². The van der Waals surface area contributed by atoms with Gasteiger partial charge in [-0.25, -0.2) is 0 Å². The van der Waals surface area contributed by atoms with Crippen molar-refractivity contribution in [3.63, 3.8) is 0 Å². The lowest BCUT2D eigenvalue weighted by Crippen LogP contribution is -2.60. The van der Waals surface area contributed by atoms with Crippen LogP contribution < -0.4 is 21.3 Å². The predicted molar refractivity (Wildman–Crippen MR) is 188 cm³/mol. The highest BCUT2D eigenvalue weighted by molar-refractivity contribution is 5.93. The lowest BCUT2D eigenvalue weighted by molar-refractivity contribution is -0.135. The normalized spacial score (nSPS) is 18.3. The molecule has 5 N–H and O–H groups in total. The van der Waals surface area contributed by atoms with Gasteiger partial charge in [-0.3, -0.25) is 24.2 Å².